The minimum absolute atomic E-state index is 0.0236. The predicted octanol–water partition coefficient (Wildman–Crippen LogP) is 2.28. The SMILES string of the molecule is CSCC1CC(=O)N(CCCCCCNC(C)C)C1=O. The van der Waals surface area contributed by atoms with Gasteiger partial charge in [0, 0.05) is 24.8 Å². The van der Waals surface area contributed by atoms with Crippen LogP contribution in [0.2, 0.25) is 0 Å². The minimum Gasteiger partial charge on any atom is -0.315 e. The second-order valence-electron chi connectivity index (χ2n) is 5.76. The summed E-state index contributed by atoms with van der Waals surface area (Å²) in [5.41, 5.74) is 0. The number of carbonyl (C=O) groups excluding carboxylic acids is 2. The Morgan fingerprint density at radius 2 is 1.95 bits per heavy atom. The van der Waals surface area contributed by atoms with E-state index in [-0.39, 0.29) is 17.7 Å². The third-order valence-corrected chi connectivity index (χ3v) is 4.30. The van der Waals surface area contributed by atoms with Gasteiger partial charge in [0.2, 0.25) is 11.8 Å². The van der Waals surface area contributed by atoms with Gasteiger partial charge in [-0.25, -0.2) is 0 Å². The molecule has 0 spiro atoms. The summed E-state index contributed by atoms with van der Waals surface area (Å²) in [6, 6.07) is 0.545. The maximum absolute atomic E-state index is 12.0. The van der Waals surface area contributed by atoms with Gasteiger partial charge in [0.1, 0.15) is 0 Å². The zero-order valence-corrected chi connectivity index (χ0v) is 13.8. The average molecular weight is 300 g/mol. The molecule has 116 valence electrons. The van der Waals surface area contributed by atoms with Crippen molar-refractivity contribution in [2.24, 2.45) is 5.92 Å². The zero-order valence-electron chi connectivity index (χ0n) is 13.0. The van der Waals surface area contributed by atoms with Gasteiger partial charge in [0.15, 0.2) is 0 Å². The molecule has 2 amide bonds. The number of carbonyl (C=O) groups is 2. The third kappa shape index (κ3) is 5.83. The van der Waals surface area contributed by atoms with E-state index < -0.39 is 0 Å². The van der Waals surface area contributed by atoms with Crippen LogP contribution in [0.1, 0.15) is 46.0 Å². The van der Waals surface area contributed by atoms with Crippen molar-refractivity contribution < 1.29 is 9.59 Å². The van der Waals surface area contributed by atoms with Crippen LogP contribution in [0.4, 0.5) is 0 Å². The Balaban J connectivity index is 2.12. The Hall–Kier alpha value is -0.550. The number of hydrogen-bond acceptors (Lipinski definition) is 4. The predicted molar refractivity (Wildman–Crippen MR) is 84.8 cm³/mol. The summed E-state index contributed by atoms with van der Waals surface area (Å²) in [7, 11) is 0. The molecule has 1 unspecified atom stereocenters. The van der Waals surface area contributed by atoms with E-state index in [1.807, 2.05) is 6.26 Å². The van der Waals surface area contributed by atoms with Crippen molar-refractivity contribution in [2.45, 2.75) is 52.0 Å². The van der Waals surface area contributed by atoms with Crippen LogP contribution in [-0.4, -0.2) is 47.9 Å². The van der Waals surface area contributed by atoms with E-state index in [0.717, 1.165) is 38.0 Å². The molecular weight excluding hydrogens is 272 g/mol. The molecule has 0 aliphatic carbocycles. The van der Waals surface area contributed by atoms with Crippen molar-refractivity contribution in [1.82, 2.24) is 10.2 Å². The summed E-state index contributed by atoms with van der Waals surface area (Å²) in [6.07, 6.45) is 6.73. The largest absolute Gasteiger partial charge is 0.315 e. The highest BCUT2D eigenvalue weighted by Crippen LogP contribution is 2.23. The molecule has 0 aromatic heterocycles. The van der Waals surface area contributed by atoms with Crippen LogP contribution >= 0.6 is 11.8 Å². The molecule has 0 bridgehead atoms. The van der Waals surface area contributed by atoms with E-state index in [4.69, 9.17) is 0 Å². The summed E-state index contributed by atoms with van der Waals surface area (Å²) < 4.78 is 0. The second kappa shape index (κ2) is 9.40. The lowest BCUT2D eigenvalue weighted by atomic mass is 10.1. The molecule has 1 saturated heterocycles. The molecule has 0 aromatic carbocycles. The highest BCUT2D eigenvalue weighted by atomic mass is 32.2. The number of hydrogen-bond donors (Lipinski definition) is 1. The van der Waals surface area contributed by atoms with Crippen molar-refractivity contribution >= 4 is 23.6 Å². The van der Waals surface area contributed by atoms with Gasteiger partial charge >= 0.3 is 0 Å². The number of nitrogens with zero attached hydrogens (tertiary/aromatic N) is 1. The van der Waals surface area contributed by atoms with Crippen molar-refractivity contribution in [2.75, 3.05) is 25.1 Å². The lowest BCUT2D eigenvalue weighted by Gasteiger charge is -2.14. The van der Waals surface area contributed by atoms with Gasteiger partial charge in [-0.3, -0.25) is 14.5 Å². The summed E-state index contributed by atoms with van der Waals surface area (Å²) in [5, 5.41) is 3.39. The van der Waals surface area contributed by atoms with Crippen molar-refractivity contribution in [3.63, 3.8) is 0 Å². The molecule has 1 rings (SSSR count). The Morgan fingerprint density at radius 1 is 1.25 bits per heavy atom. The van der Waals surface area contributed by atoms with Crippen LogP contribution in [0.25, 0.3) is 0 Å². The molecule has 1 N–H and O–H groups in total. The lowest BCUT2D eigenvalue weighted by molar-refractivity contribution is -0.139. The first kappa shape index (κ1) is 17.5. The van der Waals surface area contributed by atoms with Crippen molar-refractivity contribution in [1.29, 1.82) is 0 Å². The fraction of sp³-hybridized carbons (Fsp3) is 0.867. The quantitative estimate of drug-likeness (QED) is 0.497. The van der Waals surface area contributed by atoms with Crippen LogP contribution in [-0.2, 0) is 9.59 Å². The summed E-state index contributed by atoms with van der Waals surface area (Å²) in [6.45, 7) is 5.96. The third-order valence-electron chi connectivity index (χ3n) is 3.57. The Kier molecular flexibility index (Phi) is 8.22. The molecular formula is C15H28N2O2S. The fourth-order valence-electron chi connectivity index (χ4n) is 2.46. The first-order valence-corrected chi connectivity index (χ1v) is 9.02. The first-order valence-electron chi connectivity index (χ1n) is 7.62. The highest BCUT2D eigenvalue weighted by molar-refractivity contribution is 7.98. The molecule has 0 radical (unpaired) electrons. The summed E-state index contributed by atoms with van der Waals surface area (Å²) >= 11 is 1.64. The van der Waals surface area contributed by atoms with Gasteiger partial charge in [0.05, 0.1) is 5.92 Å². The number of likely N-dealkylation sites (tertiary alicyclic amines) is 1. The van der Waals surface area contributed by atoms with Crippen LogP contribution in [0.15, 0.2) is 0 Å². The number of nitrogens with one attached hydrogen (secondary N) is 1. The van der Waals surface area contributed by atoms with E-state index >= 15 is 0 Å². The van der Waals surface area contributed by atoms with Crippen LogP contribution in [0, 0.1) is 5.92 Å². The normalized spacial score (nSPS) is 19.4. The van der Waals surface area contributed by atoms with Gasteiger partial charge in [0.25, 0.3) is 0 Å². The summed E-state index contributed by atoms with van der Waals surface area (Å²) in [5.74, 6) is 0.760. The lowest BCUT2D eigenvalue weighted by Crippen LogP contribution is -2.32. The monoisotopic (exact) mass is 300 g/mol. The zero-order chi connectivity index (χ0) is 15.0. The van der Waals surface area contributed by atoms with Gasteiger partial charge in [-0.15, -0.1) is 0 Å². The van der Waals surface area contributed by atoms with Crippen LogP contribution in [0.5, 0.6) is 0 Å². The first-order chi connectivity index (χ1) is 9.56. The maximum Gasteiger partial charge on any atom is 0.233 e. The van der Waals surface area contributed by atoms with Crippen LogP contribution < -0.4 is 5.32 Å². The Morgan fingerprint density at radius 3 is 2.60 bits per heavy atom. The molecule has 5 heteroatoms. The second-order valence-corrected chi connectivity index (χ2v) is 6.67. The molecule has 1 heterocycles. The molecule has 0 aromatic rings. The molecule has 20 heavy (non-hydrogen) atoms. The average Bonchev–Trinajstić information content (AvgIpc) is 2.65. The van der Waals surface area contributed by atoms with Crippen molar-refractivity contribution in [3.05, 3.63) is 0 Å². The van der Waals surface area contributed by atoms with E-state index in [2.05, 4.69) is 19.2 Å². The smallest absolute Gasteiger partial charge is 0.233 e. The summed E-state index contributed by atoms with van der Waals surface area (Å²) in [4.78, 5) is 25.3. The Bertz CT molecular complexity index is 321. The molecule has 1 fully saturated rings. The molecule has 0 saturated carbocycles. The number of imide groups is 1. The van der Waals surface area contributed by atoms with E-state index in [1.165, 1.54) is 4.90 Å². The number of rotatable bonds is 10. The van der Waals surface area contributed by atoms with E-state index in [1.54, 1.807) is 11.8 Å². The van der Waals surface area contributed by atoms with Gasteiger partial charge in [-0.2, -0.15) is 11.8 Å². The number of amides is 2. The number of thioether (sulfide) groups is 1. The molecule has 1 aliphatic heterocycles. The minimum atomic E-state index is -0.0762. The standard InChI is InChI=1S/C15H28N2O2S/c1-12(2)16-8-6-4-5-7-9-17-14(18)10-13(11-20-3)15(17)19/h12-13,16H,4-11H2,1-3H3. The van der Waals surface area contributed by atoms with Crippen molar-refractivity contribution in [3.8, 4) is 0 Å². The topological polar surface area (TPSA) is 49.4 Å². The maximum atomic E-state index is 12.0. The number of unbranched alkanes of at least 4 members (excludes halogenated alkanes) is 3. The molecule has 1 atom stereocenters. The van der Waals surface area contributed by atoms with E-state index in [9.17, 15) is 9.59 Å². The van der Waals surface area contributed by atoms with Crippen LogP contribution in [0.3, 0.4) is 0 Å². The van der Waals surface area contributed by atoms with Gasteiger partial charge in [-0.05, 0) is 25.6 Å². The Labute approximate surface area is 127 Å². The van der Waals surface area contributed by atoms with Gasteiger partial charge in [-0.1, -0.05) is 26.7 Å². The molecule has 4 nitrogen and oxygen atoms in total. The molecule has 1 aliphatic rings. The fourth-order valence-corrected chi connectivity index (χ4v) is 3.12. The van der Waals surface area contributed by atoms with Gasteiger partial charge < -0.3 is 5.32 Å². The van der Waals surface area contributed by atoms with E-state index in [0.29, 0.717) is 19.0 Å². The highest BCUT2D eigenvalue weighted by Gasteiger charge is 2.37.